The number of ether oxygens (including phenoxy) is 2. The number of carbonyl (C=O) groups excluding carboxylic acids is 1. The number of nitrogens with zero attached hydrogens (tertiary/aromatic N) is 1. The summed E-state index contributed by atoms with van der Waals surface area (Å²) in [5.41, 5.74) is 1.11. The second kappa shape index (κ2) is 8.76. The molecule has 1 saturated carbocycles. The summed E-state index contributed by atoms with van der Waals surface area (Å²) >= 11 is 0. The maximum absolute atomic E-state index is 12.7. The minimum Gasteiger partial charge on any atom is -0.497 e. The number of hydrogen-bond acceptors (Lipinski definition) is 4. The van der Waals surface area contributed by atoms with E-state index in [0.29, 0.717) is 18.5 Å². The maximum atomic E-state index is 12.7. The van der Waals surface area contributed by atoms with Gasteiger partial charge in [0.25, 0.3) is 0 Å². The minimum absolute atomic E-state index is 0.150. The highest BCUT2D eigenvalue weighted by Gasteiger charge is 2.31. The third-order valence-corrected chi connectivity index (χ3v) is 5.96. The number of carbonyl (C=O) groups is 1. The molecule has 3 unspecified atom stereocenters. The van der Waals surface area contributed by atoms with Gasteiger partial charge < -0.3 is 14.8 Å². The van der Waals surface area contributed by atoms with Gasteiger partial charge in [0.1, 0.15) is 11.5 Å². The zero-order valence-corrected chi connectivity index (χ0v) is 16.3. The predicted octanol–water partition coefficient (Wildman–Crippen LogP) is 3.54. The van der Waals surface area contributed by atoms with Crippen molar-refractivity contribution in [1.29, 1.82) is 0 Å². The van der Waals surface area contributed by atoms with Crippen LogP contribution in [0.15, 0.2) is 18.2 Å². The van der Waals surface area contributed by atoms with Crippen molar-refractivity contribution in [2.75, 3.05) is 27.3 Å². The molecule has 26 heavy (non-hydrogen) atoms. The summed E-state index contributed by atoms with van der Waals surface area (Å²) < 4.78 is 11.0. The average Bonchev–Trinajstić information content (AvgIpc) is 3.10. The van der Waals surface area contributed by atoms with E-state index in [4.69, 9.17) is 9.47 Å². The zero-order valence-electron chi connectivity index (χ0n) is 16.3. The van der Waals surface area contributed by atoms with Crippen LogP contribution in [0.1, 0.15) is 57.1 Å². The Morgan fingerprint density at radius 1 is 1.15 bits per heavy atom. The van der Waals surface area contributed by atoms with Gasteiger partial charge in [-0.3, -0.25) is 9.69 Å². The van der Waals surface area contributed by atoms with Crippen LogP contribution in [0.3, 0.4) is 0 Å². The standard InChI is InChI=1S/C21H32N2O3/c1-15-7-4-5-8-18(15)22-21(24)14-23-12-6-9-19(23)17-13-16(25-2)10-11-20(17)26-3/h10-11,13,15,18-19H,4-9,12,14H2,1-3H3,(H,22,24). The summed E-state index contributed by atoms with van der Waals surface area (Å²) in [6.45, 7) is 3.65. The quantitative estimate of drug-likeness (QED) is 0.843. The fourth-order valence-electron chi connectivity index (χ4n) is 4.43. The first-order valence-electron chi connectivity index (χ1n) is 9.87. The van der Waals surface area contributed by atoms with Gasteiger partial charge in [0.15, 0.2) is 0 Å². The number of hydrogen-bond donors (Lipinski definition) is 1. The van der Waals surface area contributed by atoms with E-state index in [1.165, 1.54) is 19.3 Å². The van der Waals surface area contributed by atoms with Crippen LogP contribution in [0.25, 0.3) is 0 Å². The van der Waals surface area contributed by atoms with Gasteiger partial charge >= 0.3 is 0 Å². The molecule has 0 spiro atoms. The number of benzene rings is 1. The lowest BCUT2D eigenvalue weighted by molar-refractivity contribution is -0.123. The molecule has 3 rings (SSSR count). The molecule has 1 heterocycles. The Hall–Kier alpha value is -1.75. The Labute approximate surface area is 157 Å². The van der Waals surface area contributed by atoms with E-state index in [1.54, 1.807) is 14.2 Å². The average molecular weight is 360 g/mol. The van der Waals surface area contributed by atoms with Crippen LogP contribution in [-0.4, -0.2) is 44.2 Å². The summed E-state index contributed by atoms with van der Waals surface area (Å²) in [6.07, 6.45) is 6.98. The molecule has 1 saturated heterocycles. The SMILES string of the molecule is COc1ccc(OC)c(C2CCCN2CC(=O)NC2CCCCC2C)c1. The molecule has 1 amide bonds. The molecule has 1 aliphatic heterocycles. The van der Waals surface area contributed by atoms with E-state index in [9.17, 15) is 4.79 Å². The predicted molar refractivity (Wildman–Crippen MR) is 103 cm³/mol. The third kappa shape index (κ3) is 4.32. The summed E-state index contributed by atoms with van der Waals surface area (Å²) in [5.74, 6) is 2.43. The second-order valence-corrected chi connectivity index (χ2v) is 7.67. The Morgan fingerprint density at radius 3 is 2.69 bits per heavy atom. The van der Waals surface area contributed by atoms with Gasteiger partial charge in [-0.15, -0.1) is 0 Å². The molecule has 0 aromatic heterocycles. The topological polar surface area (TPSA) is 50.8 Å². The van der Waals surface area contributed by atoms with Crippen LogP contribution >= 0.6 is 0 Å². The summed E-state index contributed by atoms with van der Waals surface area (Å²) in [5, 5.41) is 3.28. The molecule has 1 aliphatic carbocycles. The fraction of sp³-hybridized carbons (Fsp3) is 0.667. The molecular formula is C21H32N2O3. The van der Waals surface area contributed by atoms with E-state index < -0.39 is 0 Å². The van der Waals surface area contributed by atoms with Crippen LogP contribution in [0.5, 0.6) is 11.5 Å². The molecule has 1 aromatic carbocycles. The van der Waals surface area contributed by atoms with Gasteiger partial charge in [-0.2, -0.15) is 0 Å². The van der Waals surface area contributed by atoms with Crippen LogP contribution < -0.4 is 14.8 Å². The second-order valence-electron chi connectivity index (χ2n) is 7.67. The maximum Gasteiger partial charge on any atom is 0.234 e. The van der Waals surface area contributed by atoms with Crippen molar-refractivity contribution in [2.45, 2.75) is 57.5 Å². The number of amides is 1. The highest BCUT2D eigenvalue weighted by atomic mass is 16.5. The van der Waals surface area contributed by atoms with Crippen LogP contribution in [0, 0.1) is 5.92 Å². The molecule has 0 bridgehead atoms. The number of rotatable bonds is 6. The summed E-state index contributed by atoms with van der Waals surface area (Å²) in [7, 11) is 3.37. The number of likely N-dealkylation sites (tertiary alicyclic amines) is 1. The Balaban J connectivity index is 1.67. The van der Waals surface area contributed by atoms with Gasteiger partial charge in [-0.05, 0) is 56.3 Å². The molecule has 0 radical (unpaired) electrons. The van der Waals surface area contributed by atoms with Crippen molar-refractivity contribution in [3.05, 3.63) is 23.8 Å². The van der Waals surface area contributed by atoms with Crippen molar-refractivity contribution in [1.82, 2.24) is 10.2 Å². The van der Waals surface area contributed by atoms with E-state index in [-0.39, 0.29) is 11.9 Å². The first-order chi connectivity index (χ1) is 12.6. The molecule has 1 aromatic rings. The fourth-order valence-corrected chi connectivity index (χ4v) is 4.43. The smallest absolute Gasteiger partial charge is 0.234 e. The Morgan fingerprint density at radius 2 is 1.96 bits per heavy atom. The monoisotopic (exact) mass is 360 g/mol. The highest BCUT2D eigenvalue weighted by Crippen LogP contribution is 2.38. The van der Waals surface area contributed by atoms with Gasteiger partial charge in [-0.25, -0.2) is 0 Å². The van der Waals surface area contributed by atoms with E-state index >= 15 is 0 Å². The van der Waals surface area contributed by atoms with Crippen molar-refractivity contribution >= 4 is 5.91 Å². The van der Waals surface area contributed by atoms with E-state index in [2.05, 4.69) is 17.1 Å². The lowest BCUT2D eigenvalue weighted by atomic mass is 9.86. The molecule has 1 N–H and O–H groups in total. The Kier molecular flexibility index (Phi) is 6.41. The number of methoxy groups -OCH3 is 2. The summed E-state index contributed by atoms with van der Waals surface area (Å²) in [4.78, 5) is 14.9. The molecule has 5 nitrogen and oxygen atoms in total. The molecule has 2 fully saturated rings. The Bertz CT molecular complexity index is 619. The molecule has 144 valence electrons. The van der Waals surface area contributed by atoms with Crippen molar-refractivity contribution < 1.29 is 14.3 Å². The van der Waals surface area contributed by atoms with Gasteiger partial charge in [0.2, 0.25) is 5.91 Å². The molecular weight excluding hydrogens is 328 g/mol. The lowest BCUT2D eigenvalue weighted by Crippen LogP contribution is -2.45. The first-order valence-corrected chi connectivity index (χ1v) is 9.87. The van der Waals surface area contributed by atoms with E-state index in [0.717, 1.165) is 42.9 Å². The minimum atomic E-state index is 0.150. The van der Waals surface area contributed by atoms with Gasteiger partial charge in [0.05, 0.1) is 20.8 Å². The van der Waals surface area contributed by atoms with Crippen LogP contribution in [0.4, 0.5) is 0 Å². The first kappa shape index (κ1) is 19.0. The normalized spacial score (nSPS) is 26.5. The van der Waals surface area contributed by atoms with Crippen molar-refractivity contribution in [2.24, 2.45) is 5.92 Å². The van der Waals surface area contributed by atoms with Crippen LogP contribution in [0.2, 0.25) is 0 Å². The third-order valence-electron chi connectivity index (χ3n) is 5.96. The zero-order chi connectivity index (χ0) is 18.5. The van der Waals surface area contributed by atoms with Crippen molar-refractivity contribution in [3.63, 3.8) is 0 Å². The molecule has 3 atom stereocenters. The summed E-state index contributed by atoms with van der Waals surface area (Å²) in [6, 6.07) is 6.45. The molecule has 2 aliphatic rings. The van der Waals surface area contributed by atoms with Gasteiger partial charge in [0, 0.05) is 17.6 Å². The number of nitrogens with one attached hydrogen (secondary N) is 1. The van der Waals surface area contributed by atoms with Gasteiger partial charge in [-0.1, -0.05) is 19.8 Å². The molecule has 5 heteroatoms. The lowest BCUT2D eigenvalue weighted by Gasteiger charge is -2.31. The van der Waals surface area contributed by atoms with Crippen molar-refractivity contribution in [3.8, 4) is 11.5 Å². The van der Waals surface area contributed by atoms with Crippen LogP contribution in [-0.2, 0) is 4.79 Å². The largest absolute Gasteiger partial charge is 0.497 e. The highest BCUT2D eigenvalue weighted by molar-refractivity contribution is 5.78. The van der Waals surface area contributed by atoms with E-state index in [1.807, 2.05) is 18.2 Å².